The van der Waals surface area contributed by atoms with Crippen molar-refractivity contribution in [1.82, 2.24) is 5.32 Å². The van der Waals surface area contributed by atoms with Crippen LogP contribution in [-0.2, 0) is 4.79 Å². The topological polar surface area (TPSA) is 29.1 Å². The number of nitrogens with one attached hydrogen (secondary N) is 1. The third-order valence-electron chi connectivity index (χ3n) is 1.72. The van der Waals surface area contributed by atoms with Crippen molar-refractivity contribution in [3.05, 3.63) is 40.1 Å². The Labute approximate surface area is 96.3 Å². The Morgan fingerprint density at radius 1 is 1.60 bits per heavy atom. The molecule has 2 nitrogen and oxygen atoms in total. The van der Waals surface area contributed by atoms with E-state index in [-0.39, 0.29) is 11.7 Å². The van der Waals surface area contributed by atoms with Crippen LogP contribution in [-0.4, -0.2) is 12.5 Å². The molecule has 1 amide bonds. The Morgan fingerprint density at radius 3 is 3.00 bits per heavy atom. The van der Waals surface area contributed by atoms with Gasteiger partial charge in [-0.2, -0.15) is 0 Å². The summed E-state index contributed by atoms with van der Waals surface area (Å²) in [4.78, 5) is 11.1. The molecule has 0 heterocycles. The molecule has 0 saturated heterocycles. The molecule has 4 heteroatoms. The van der Waals surface area contributed by atoms with Gasteiger partial charge in [0, 0.05) is 22.7 Å². The van der Waals surface area contributed by atoms with Gasteiger partial charge in [-0.25, -0.2) is 4.39 Å². The molecule has 0 spiro atoms. The number of carbonyl (C=O) groups is 1. The van der Waals surface area contributed by atoms with Crippen molar-refractivity contribution < 1.29 is 9.18 Å². The van der Waals surface area contributed by atoms with Gasteiger partial charge >= 0.3 is 0 Å². The first-order chi connectivity index (χ1) is 7.13. The molecule has 0 aromatic heterocycles. The van der Waals surface area contributed by atoms with Gasteiger partial charge in [-0.3, -0.25) is 4.79 Å². The Morgan fingerprint density at radius 2 is 2.33 bits per heavy atom. The number of rotatable bonds is 3. The van der Waals surface area contributed by atoms with Crippen LogP contribution in [0.4, 0.5) is 4.39 Å². The smallest absolute Gasteiger partial charge is 0.243 e. The van der Waals surface area contributed by atoms with Crippen LogP contribution in [0.3, 0.4) is 0 Å². The van der Waals surface area contributed by atoms with E-state index in [1.54, 1.807) is 12.1 Å². The summed E-state index contributed by atoms with van der Waals surface area (Å²) in [6.07, 6.45) is 2.76. The fourth-order valence-electron chi connectivity index (χ4n) is 1.04. The lowest BCUT2D eigenvalue weighted by atomic mass is 10.2. The minimum Gasteiger partial charge on any atom is -0.353 e. The second-order valence-electron chi connectivity index (χ2n) is 2.89. The highest BCUT2D eigenvalue weighted by Gasteiger charge is 1.99. The number of hydrogen-bond acceptors (Lipinski definition) is 1. The highest BCUT2D eigenvalue weighted by atomic mass is 79.9. The molecular weight excluding hydrogens is 261 g/mol. The van der Waals surface area contributed by atoms with E-state index in [9.17, 15) is 9.18 Å². The van der Waals surface area contributed by atoms with Gasteiger partial charge in [0.25, 0.3) is 0 Å². The molecule has 15 heavy (non-hydrogen) atoms. The lowest BCUT2D eigenvalue weighted by Gasteiger charge is -1.98. The lowest BCUT2D eigenvalue weighted by molar-refractivity contribution is -0.116. The molecule has 1 aromatic rings. The third kappa shape index (κ3) is 3.83. The lowest BCUT2D eigenvalue weighted by Crippen LogP contribution is -2.19. The summed E-state index contributed by atoms with van der Waals surface area (Å²) in [5, 5.41) is 2.59. The highest BCUT2D eigenvalue weighted by molar-refractivity contribution is 9.10. The molecule has 0 aliphatic heterocycles. The van der Waals surface area contributed by atoms with E-state index in [0.29, 0.717) is 12.1 Å². The predicted molar refractivity (Wildman–Crippen MR) is 61.8 cm³/mol. The third-order valence-corrected chi connectivity index (χ3v) is 2.22. The number of benzene rings is 1. The van der Waals surface area contributed by atoms with Gasteiger partial charge < -0.3 is 5.32 Å². The van der Waals surface area contributed by atoms with Crippen LogP contribution in [0, 0.1) is 5.82 Å². The monoisotopic (exact) mass is 271 g/mol. The molecular formula is C11H11BrFNO. The van der Waals surface area contributed by atoms with Crippen molar-refractivity contribution in [1.29, 1.82) is 0 Å². The molecule has 0 atom stereocenters. The average molecular weight is 272 g/mol. The first kappa shape index (κ1) is 11.9. The van der Waals surface area contributed by atoms with Gasteiger partial charge in [-0.1, -0.05) is 15.9 Å². The zero-order valence-electron chi connectivity index (χ0n) is 8.26. The van der Waals surface area contributed by atoms with Gasteiger partial charge in [-0.15, -0.1) is 0 Å². The Bertz CT molecular complexity index is 390. The molecule has 0 fully saturated rings. The molecule has 0 bridgehead atoms. The number of likely N-dealkylation sites (N-methyl/N-ethyl adjacent to an activating group) is 1. The van der Waals surface area contributed by atoms with Gasteiger partial charge in [0.05, 0.1) is 0 Å². The first-order valence-electron chi connectivity index (χ1n) is 4.54. The average Bonchev–Trinajstić information content (AvgIpc) is 2.20. The summed E-state index contributed by atoms with van der Waals surface area (Å²) >= 11 is 3.23. The molecule has 80 valence electrons. The van der Waals surface area contributed by atoms with Crippen molar-refractivity contribution >= 4 is 27.9 Å². The summed E-state index contributed by atoms with van der Waals surface area (Å²) in [5.74, 6) is -0.573. The van der Waals surface area contributed by atoms with Crippen molar-refractivity contribution in [2.75, 3.05) is 6.54 Å². The van der Waals surface area contributed by atoms with Gasteiger partial charge in [0.15, 0.2) is 0 Å². The van der Waals surface area contributed by atoms with E-state index >= 15 is 0 Å². The zero-order chi connectivity index (χ0) is 11.3. The molecule has 1 N–H and O–H groups in total. The Kier molecular flexibility index (Phi) is 4.49. The molecule has 0 aliphatic rings. The van der Waals surface area contributed by atoms with Crippen molar-refractivity contribution in [3.63, 3.8) is 0 Å². The van der Waals surface area contributed by atoms with E-state index < -0.39 is 0 Å². The van der Waals surface area contributed by atoms with Crippen LogP contribution in [0.1, 0.15) is 12.5 Å². The normalized spacial score (nSPS) is 10.6. The van der Waals surface area contributed by atoms with Crippen LogP contribution < -0.4 is 5.32 Å². The van der Waals surface area contributed by atoms with Gasteiger partial charge in [0.2, 0.25) is 5.91 Å². The number of carbonyl (C=O) groups excluding carboxylic acids is 1. The van der Waals surface area contributed by atoms with E-state index in [1.807, 2.05) is 6.92 Å². The molecule has 0 radical (unpaired) electrons. The van der Waals surface area contributed by atoms with Crippen LogP contribution >= 0.6 is 15.9 Å². The Hall–Kier alpha value is -1.16. The largest absolute Gasteiger partial charge is 0.353 e. The quantitative estimate of drug-likeness (QED) is 0.842. The van der Waals surface area contributed by atoms with Crippen LogP contribution in [0.5, 0.6) is 0 Å². The fourth-order valence-corrected chi connectivity index (χ4v) is 1.42. The number of amides is 1. The SMILES string of the molecule is CCNC(=O)/C=C/c1cc(Br)ccc1F. The second-order valence-corrected chi connectivity index (χ2v) is 3.81. The summed E-state index contributed by atoms with van der Waals surface area (Å²) in [5.41, 5.74) is 0.385. The van der Waals surface area contributed by atoms with Crippen molar-refractivity contribution in [3.8, 4) is 0 Å². The first-order valence-corrected chi connectivity index (χ1v) is 5.33. The fraction of sp³-hybridized carbons (Fsp3) is 0.182. The molecule has 1 rings (SSSR count). The summed E-state index contributed by atoms with van der Waals surface area (Å²) < 4.78 is 14.0. The zero-order valence-corrected chi connectivity index (χ0v) is 9.84. The van der Waals surface area contributed by atoms with Crippen LogP contribution in [0.2, 0.25) is 0 Å². The summed E-state index contributed by atoms with van der Waals surface area (Å²) in [6, 6.07) is 4.57. The summed E-state index contributed by atoms with van der Waals surface area (Å²) in [6.45, 7) is 2.38. The molecule has 0 aliphatic carbocycles. The molecule has 1 aromatic carbocycles. The summed E-state index contributed by atoms with van der Waals surface area (Å²) in [7, 11) is 0. The van der Waals surface area contributed by atoms with Gasteiger partial charge in [-0.05, 0) is 31.2 Å². The molecule has 0 unspecified atom stereocenters. The Balaban J connectivity index is 2.79. The van der Waals surface area contributed by atoms with E-state index in [0.717, 1.165) is 4.47 Å². The highest BCUT2D eigenvalue weighted by Crippen LogP contribution is 2.16. The predicted octanol–water partition coefficient (Wildman–Crippen LogP) is 2.74. The van der Waals surface area contributed by atoms with E-state index in [4.69, 9.17) is 0 Å². The molecule has 0 saturated carbocycles. The van der Waals surface area contributed by atoms with E-state index in [2.05, 4.69) is 21.2 Å². The van der Waals surface area contributed by atoms with E-state index in [1.165, 1.54) is 18.2 Å². The van der Waals surface area contributed by atoms with Crippen LogP contribution in [0.15, 0.2) is 28.7 Å². The number of hydrogen-bond donors (Lipinski definition) is 1. The van der Waals surface area contributed by atoms with Crippen molar-refractivity contribution in [2.24, 2.45) is 0 Å². The van der Waals surface area contributed by atoms with Crippen LogP contribution in [0.25, 0.3) is 6.08 Å². The number of halogens is 2. The second kappa shape index (κ2) is 5.66. The standard InChI is InChI=1S/C11H11BrFNO/c1-2-14-11(15)6-3-8-7-9(12)4-5-10(8)13/h3-7H,2H2,1H3,(H,14,15)/b6-3+. The van der Waals surface area contributed by atoms with Crippen molar-refractivity contribution in [2.45, 2.75) is 6.92 Å². The minimum absolute atomic E-state index is 0.225. The van der Waals surface area contributed by atoms with Gasteiger partial charge in [0.1, 0.15) is 5.82 Å². The maximum absolute atomic E-state index is 13.2. The minimum atomic E-state index is -0.348. The maximum atomic E-state index is 13.2. The maximum Gasteiger partial charge on any atom is 0.243 e.